The van der Waals surface area contributed by atoms with Gasteiger partial charge in [-0.05, 0) is 44.2 Å². The smallest absolute Gasteiger partial charge is 0.251 e. The fraction of sp³-hybridized carbons (Fsp3) is 0.600. The Labute approximate surface area is 155 Å². The Morgan fingerprint density at radius 1 is 1.23 bits per heavy atom. The zero-order valence-electron chi connectivity index (χ0n) is 15.5. The summed E-state index contributed by atoms with van der Waals surface area (Å²) >= 11 is 0. The largest absolute Gasteiger partial charge is 0.381 e. The van der Waals surface area contributed by atoms with Gasteiger partial charge in [-0.1, -0.05) is 18.2 Å². The average molecular weight is 362 g/mol. The van der Waals surface area contributed by atoms with Crippen molar-refractivity contribution >= 4 is 11.8 Å². The van der Waals surface area contributed by atoms with E-state index >= 15 is 0 Å². The number of hydrogen-bond donors (Lipinski definition) is 2. The Morgan fingerprint density at radius 2 is 1.96 bits per heavy atom. The van der Waals surface area contributed by atoms with Crippen LogP contribution in [0.3, 0.4) is 0 Å². The zero-order chi connectivity index (χ0) is 18.6. The van der Waals surface area contributed by atoms with Crippen LogP contribution in [0.5, 0.6) is 0 Å². The second-order valence-electron chi connectivity index (χ2n) is 6.78. The molecular weight excluding hydrogens is 332 g/mol. The predicted molar refractivity (Wildman–Crippen MR) is 100.0 cm³/mol. The lowest BCUT2D eigenvalue weighted by molar-refractivity contribution is -0.121. The third-order valence-corrected chi connectivity index (χ3v) is 4.39. The van der Waals surface area contributed by atoms with Crippen LogP contribution in [0.1, 0.15) is 43.0 Å². The highest BCUT2D eigenvalue weighted by atomic mass is 16.5. The van der Waals surface area contributed by atoms with E-state index in [9.17, 15) is 9.59 Å². The van der Waals surface area contributed by atoms with Crippen LogP contribution in [-0.4, -0.2) is 50.8 Å². The molecule has 0 radical (unpaired) electrons. The molecule has 1 fully saturated rings. The van der Waals surface area contributed by atoms with Crippen LogP contribution in [0.2, 0.25) is 0 Å². The van der Waals surface area contributed by atoms with Crippen LogP contribution in [-0.2, 0) is 14.3 Å². The number of nitrogens with one attached hydrogen (secondary N) is 2. The molecule has 1 heterocycles. The molecule has 0 saturated carbocycles. The molecule has 6 heteroatoms. The molecule has 0 aliphatic carbocycles. The molecule has 1 aromatic carbocycles. The van der Waals surface area contributed by atoms with Gasteiger partial charge in [0.05, 0.1) is 0 Å². The molecule has 1 aromatic rings. The number of carbonyl (C=O) groups is 2. The summed E-state index contributed by atoms with van der Waals surface area (Å²) in [4.78, 5) is 24.0. The van der Waals surface area contributed by atoms with Gasteiger partial charge >= 0.3 is 0 Å². The van der Waals surface area contributed by atoms with Crippen molar-refractivity contribution in [2.24, 2.45) is 5.92 Å². The second-order valence-corrected chi connectivity index (χ2v) is 6.78. The average Bonchev–Trinajstić information content (AvgIpc) is 2.66. The monoisotopic (exact) mass is 362 g/mol. The standard InChI is InChI=1S/C20H30N2O4/c1-16(22-20(24)18-6-3-2-4-7-18)14-19(23)21-10-5-11-26-15-17-8-12-25-13-9-17/h2-4,6-7,16-17H,5,8-15H2,1H3,(H,21,23)(H,22,24). The van der Waals surface area contributed by atoms with E-state index in [2.05, 4.69) is 10.6 Å². The third kappa shape index (κ3) is 7.97. The van der Waals surface area contributed by atoms with Gasteiger partial charge in [-0.2, -0.15) is 0 Å². The first-order valence-electron chi connectivity index (χ1n) is 9.43. The van der Waals surface area contributed by atoms with Crippen LogP contribution in [0.15, 0.2) is 30.3 Å². The van der Waals surface area contributed by atoms with Gasteiger partial charge in [0.1, 0.15) is 0 Å². The summed E-state index contributed by atoms with van der Waals surface area (Å²) < 4.78 is 11.0. The number of hydrogen-bond acceptors (Lipinski definition) is 4. The molecule has 1 unspecified atom stereocenters. The van der Waals surface area contributed by atoms with E-state index in [0.717, 1.165) is 39.1 Å². The first kappa shape index (κ1) is 20.4. The van der Waals surface area contributed by atoms with Gasteiger partial charge in [0.2, 0.25) is 5.91 Å². The van der Waals surface area contributed by atoms with Crippen molar-refractivity contribution in [3.05, 3.63) is 35.9 Å². The molecular formula is C20H30N2O4. The van der Waals surface area contributed by atoms with Gasteiger partial charge in [-0.15, -0.1) is 0 Å². The molecule has 1 atom stereocenters. The fourth-order valence-electron chi connectivity index (χ4n) is 2.86. The summed E-state index contributed by atoms with van der Waals surface area (Å²) in [6, 6.07) is 8.78. The first-order chi connectivity index (χ1) is 12.6. The molecule has 0 aromatic heterocycles. The Balaban J connectivity index is 1.50. The van der Waals surface area contributed by atoms with E-state index in [4.69, 9.17) is 9.47 Å². The van der Waals surface area contributed by atoms with Gasteiger partial charge in [0.25, 0.3) is 5.91 Å². The molecule has 6 nitrogen and oxygen atoms in total. The number of ether oxygens (including phenoxy) is 2. The molecule has 1 saturated heterocycles. The van der Waals surface area contributed by atoms with Crippen LogP contribution in [0, 0.1) is 5.92 Å². The molecule has 2 rings (SSSR count). The number of benzene rings is 1. The van der Waals surface area contributed by atoms with E-state index in [1.807, 2.05) is 25.1 Å². The number of carbonyl (C=O) groups excluding carboxylic acids is 2. The maximum atomic E-state index is 12.0. The van der Waals surface area contributed by atoms with Crippen molar-refractivity contribution < 1.29 is 19.1 Å². The second kappa shape index (κ2) is 11.6. The van der Waals surface area contributed by atoms with Crippen molar-refractivity contribution in [1.82, 2.24) is 10.6 Å². The predicted octanol–water partition coefficient (Wildman–Crippen LogP) is 2.14. The highest BCUT2D eigenvalue weighted by Crippen LogP contribution is 2.14. The van der Waals surface area contributed by atoms with Crippen LogP contribution in [0.25, 0.3) is 0 Å². The molecule has 1 aliphatic rings. The van der Waals surface area contributed by atoms with E-state index in [1.165, 1.54) is 0 Å². The number of rotatable bonds is 10. The van der Waals surface area contributed by atoms with Gasteiger partial charge < -0.3 is 20.1 Å². The Bertz CT molecular complexity index is 544. The summed E-state index contributed by atoms with van der Waals surface area (Å²) in [6.45, 7) is 5.52. The lowest BCUT2D eigenvalue weighted by Crippen LogP contribution is -2.37. The minimum Gasteiger partial charge on any atom is -0.381 e. The van der Waals surface area contributed by atoms with Crippen LogP contribution >= 0.6 is 0 Å². The van der Waals surface area contributed by atoms with Gasteiger partial charge in [-0.3, -0.25) is 9.59 Å². The van der Waals surface area contributed by atoms with E-state index in [0.29, 0.717) is 24.6 Å². The van der Waals surface area contributed by atoms with Crippen molar-refractivity contribution in [2.45, 2.75) is 38.6 Å². The van der Waals surface area contributed by atoms with Crippen molar-refractivity contribution in [3.8, 4) is 0 Å². The molecule has 0 spiro atoms. The van der Waals surface area contributed by atoms with Crippen LogP contribution < -0.4 is 10.6 Å². The summed E-state index contributed by atoms with van der Waals surface area (Å²) in [5.41, 5.74) is 0.599. The molecule has 144 valence electrons. The van der Waals surface area contributed by atoms with Gasteiger partial charge in [-0.25, -0.2) is 0 Å². The summed E-state index contributed by atoms with van der Waals surface area (Å²) in [6.07, 6.45) is 3.20. The van der Waals surface area contributed by atoms with Crippen molar-refractivity contribution in [3.63, 3.8) is 0 Å². The summed E-state index contributed by atoms with van der Waals surface area (Å²) in [5, 5.41) is 5.71. The van der Waals surface area contributed by atoms with Gasteiger partial charge in [0, 0.05) is 51.0 Å². The lowest BCUT2D eigenvalue weighted by Gasteiger charge is -2.21. The van der Waals surface area contributed by atoms with E-state index < -0.39 is 0 Å². The van der Waals surface area contributed by atoms with Crippen molar-refractivity contribution in [1.29, 1.82) is 0 Å². The fourth-order valence-corrected chi connectivity index (χ4v) is 2.86. The Kier molecular flexibility index (Phi) is 9.14. The topological polar surface area (TPSA) is 76.7 Å². The van der Waals surface area contributed by atoms with E-state index in [1.54, 1.807) is 12.1 Å². The Hall–Kier alpha value is -1.92. The SMILES string of the molecule is CC(CC(=O)NCCCOCC1CCOCC1)NC(=O)c1ccccc1. The first-order valence-corrected chi connectivity index (χ1v) is 9.43. The quantitative estimate of drug-likeness (QED) is 0.625. The van der Waals surface area contributed by atoms with Crippen LogP contribution in [0.4, 0.5) is 0 Å². The maximum absolute atomic E-state index is 12.0. The van der Waals surface area contributed by atoms with Crippen molar-refractivity contribution in [2.75, 3.05) is 33.0 Å². The summed E-state index contributed by atoms with van der Waals surface area (Å²) in [5.74, 6) is 0.384. The third-order valence-electron chi connectivity index (χ3n) is 4.39. The number of amides is 2. The molecule has 2 N–H and O–H groups in total. The minimum absolute atomic E-state index is 0.0599. The molecule has 1 aliphatic heterocycles. The van der Waals surface area contributed by atoms with E-state index in [-0.39, 0.29) is 24.3 Å². The minimum atomic E-state index is -0.215. The highest BCUT2D eigenvalue weighted by molar-refractivity contribution is 5.94. The summed E-state index contributed by atoms with van der Waals surface area (Å²) in [7, 11) is 0. The maximum Gasteiger partial charge on any atom is 0.251 e. The molecule has 2 amide bonds. The van der Waals surface area contributed by atoms with Gasteiger partial charge in [0.15, 0.2) is 0 Å². The molecule has 0 bridgehead atoms. The molecule has 26 heavy (non-hydrogen) atoms. The normalized spacial score (nSPS) is 16.0. The lowest BCUT2D eigenvalue weighted by atomic mass is 10.0. The zero-order valence-corrected chi connectivity index (χ0v) is 15.5. The Morgan fingerprint density at radius 3 is 2.69 bits per heavy atom. The highest BCUT2D eigenvalue weighted by Gasteiger charge is 2.14.